The summed E-state index contributed by atoms with van der Waals surface area (Å²) in [7, 11) is 1.58. The van der Waals surface area contributed by atoms with E-state index in [0.717, 1.165) is 15.9 Å². The van der Waals surface area contributed by atoms with E-state index in [0.29, 0.717) is 10.7 Å². The van der Waals surface area contributed by atoms with Crippen LogP contribution in [0.3, 0.4) is 0 Å². The van der Waals surface area contributed by atoms with Crippen LogP contribution < -0.4 is 16.1 Å². The van der Waals surface area contributed by atoms with Gasteiger partial charge in [-0.05, 0) is 41.6 Å². The Morgan fingerprint density at radius 1 is 0.963 bits per heavy atom. The molecule has 3 aromatic rings. The second-order valence-corrected chi connectivity index (χ2v) is 6.58. The Morgan fingerprint density at radius 2 is 1.52 bits per heavy atom. The van der Waals surface area contributed by atoms with Gasteiger partial charge in [0.15, 0.2) is 5.16 Å². The van der Waals surface area contributed by atoms with Gasteiger partial charge in [0.2, 0.25) is 0 Å². The van der Waals surface area contributed by atoms with Gasteiger partial charge in [0.25, 0.3) is 0 Å². The molecule has 0 bridgehead atoms. The van der Waals surface area contributed by atoms with Crippen LogP contribution in [0.4, 0.5) is 4.39 Å². The average molecular weight is 387 g/mol. The Balaban J connectivity index is 2.00. The molecular weight excluding hydrogens is 369 g/mol. The molecule has 0 aliphatic rings. The minimum absolute atomic E-state index is 0.0300. The number of benzene rings is 2. The van der Waals surface area contributed by atoms with Crippen LogP contribution in [0.1, 0.15) is 11.1 Å². The molecule has 0 aliphatic carbocycles. The van der Waals surface area contributed by atoms with Crippen molar-refractivity contribution in [2.45, 2.75) is 18.2 Å². The Bertz CT molecular complexity index is 1040. The fourth-order valence-electron chi connectivity index (χ4n) is 2.62. The number of methoxy groups -OCH3 is 1. The number of halogens is 1. The molecule has 6 nitrogen and oxygen atoms in total. The lowest BCUT2D eigenvalue weighted by molar-refractivity contribution is 0.414. The normalized spacial score (nSPS) is 10.8. The topological polar surface area (TPSA) is 66.1 Å². The van der Waals surface area contributed by atoms with Crippen LogP contribution in [-0.2, 0) is 13.1 Å². The highest BCUT2D eigenvalue weighted by atomic mass is 32.2. The first-order chi connectivity index (χ1) is 13.0. The third-order valence-electron chi connectivity index (χ3n) is 4.05. The standard InChI is InChI=1S/C19H18FN3O3S/c1-26-16-9-5-14(6-10-16)12-23-18(27-2)21-17(24)22(19(23)25)11-13-3-7-15(20)8-4-13/h3-10H,11-12H2,1-2H3. The van der Waals surface area contributed by atoms with E-state index in [1.807, 2.05) is 12.1 Å². The second kappa shape index (κ2) is 8.22. The van der Waals surface area contributed by atoms with Gasteiger partial charge in [0.05, 0.1) is 20.2 Å². The van der Waals surface area contributed by atoms with Gasteiger partial charge in [-0.15, -0.1) is 0 Å². The van der Waals surface area contributed by atoms with Gasteiger partial charge in [-0.3, -0.25) is 4.57 Å². The van der Waals surface area contributed by atoms with Crippen molar-refractivity contribution >= 4 is 11.8 Å². The first-order valence-electron chi connectivity index (χ1n) is 8.15. The molecule has 140 valence electrons. The Hall–Kier alpha value is -2.87. The lowest BCUT2D eigenvalue weighted by Crippen LogP contribution is -2.42. The maximum absolute atomic E-state index is 13.1. The number of aromatic nitrogens is 3. The van der Waals surface area contributed by atoms with Crippen LogP contribution in [0.5, 0.6) is 5.75 Å². The van der Waals surface area contributed by atoms with E-state index >= 15 is 0 Å². The highest BCUT2D eigenvalue weighted by Gasteiger charge is 2.13. The third-order valence-corrected chi connectivity index (χ3v) is 4.73. The van der Waals surface area contributed by atoms with Gasteiger partial charge in [-0.25, -0.2) is 18.5 Å². The minimum Gasteiger partial charge on any atom is -0.497 e. The number of hydrogen-bond acceptors (Lipinski definition) is 5. The summed E-state index contributed by atoms with van der Waals surface area (Å²) in [5.41, 5.74) is 0.437. The Labute approximate surface area is 159 Å². The third kappa shape index (κ3) is 4.28. The first kappa shape index (κ1) is 18.9. The smallest absolute Gasteiger partial charge is 0.354 e. The van der Waals surface area contributed by atoms with E-state index in [1.165, 1.54) is 40.6 Å². The van der Waals surface area contributed by atoms with Crippen LogP contribution >= 0.6 is 11.8 Å². The van der Waals surface area contributed by atoms with Crippen LogP contribution in [0.25, 0.3) is 0 Å². The minimum atomic E-state index is -0.625. The van der Waals surface area contributed by atoms with Gasteiger partial charge in [0.1, 0.15) is 11.6 Å². The molecule has 0 radical (unpaired) electrons. The quantitative estimate of drug-likeness (QED) is 0.608. The van der Waals surface area contributed by atoms with E-state index in [-0.39, 0.29) is 18.9 Å². The highest BCUT2D eigenvalue weighted by molar-refractivity contribution is 7.98. The van der Waals surface area contributed by atoms with Crippen molar-refractivity contribution in [2.24, 2.45) is 0 Å². The lowest BCUT2D eigenvalue weighted by Gasteiger charge is -2.13. The molecule has 27 heavy (non-hydrogen) atoms. The second-order valence-electron chi connectivity index (χ2n) is 5.81. The molecule has 2 aromatic carbocycles. The molecule has 0 unspecified atom stereocenters. The van der Waals surface area contributed by atoms with Crippen molar-refractivity contribution in [2.75, 3.05) is 13.4 Å². The summed E-state index contributed by atoms with van der Waals surface area (Å²) < 4.78 is 20.7. The summed E-state index contributed by atoms with van der Waals surface area (Å²) in [5, 5.41) is 0.344. The van der Waals surface area contributed by atoms with Crippen molar-refractivity contribution in [3.63, 3.8) is 0 Å². The molecular formula is C19H18FN3O3S. The van der Waals surface area contributed by atoms with Crippen LogP contribution in [0.15, 0.2) is 63.3 Å². The van der Waals surface area contributed by atoms with Gasteiger partial charge in [0, 0.05) is 0 Å². The first-order valence-corrected chi connectivity index (χ1v) is 9.37. The van der Waals surface area contributed by atoms with E-state index in [4.69, 9.17) is 4.74 Å². The summed E-state index contributed by atoms with van der Waals surface area (Å²) in [5.74, 6) is 0.342. The van der Waals surface area contributed by atoms with E-state index in [2.05, 4.69) is 4.98 Å². The Morgan fingerprint density at radius 3 is 2.07 bits per heavy atom. The van der Waals surface area contributed by atoms with Crippen molar-refractivity contribution in [1.29, 1.82) is 0 Å². The zero-order valence-electron chi connectivity index (χ0n) is 14.9. The maximum atomic E-state index is 13.1. The Kier molecular flexibility index (Phi) is 5.75. The number of hydrogen-bond donors (Lipinski definition) is 0. The van der Waals surface area contributed by atoms with E-state index in [9.17, 15) is 14.0 Å². The predicted molar refractivity (Wildman–Crippen MR) is 102 cm³/mol. The fourth-order valence-corrected chi connectivity index (χ4v) is 3.16. The summed E-state index contributed by atoms with van der Waals surface area (Å²) in [6.45, 7) is 0.303. The zero-order valence-corrected chi connectivity index (χ0v) is 15.7. The summed E-state index contributed by atoms with van der Waals surface area (Å²) >= 11 is 1.23. The van der Waals surface area contributed by atoms with Crippen molar-refractivity contribution < 1.29 is 9.13 Å². The van der Waals surface area contributed by atoms with E-state index < -0.39 is 11.4 Å². The largest absolute Gasteiger partial charge is 0.497 e. The monoisotopic (exact) mass is 387 g/mol. The van der Waals surface area contributed by atoms with Crippen molar-refractivity contribution in [1.82, 2.24) is 14.1 Å². The van der Waals surface area contributed by atoms with Gasteiger partial charge < -0.3 is 4.74 Å². The molecule has 0 aliphatic heterocycles. The molecule has 0 saturated heterocycles. The van der Waals surface area contributed by atoms with Gasteiger partial charge in [-0.2, -0.15) is 4.98 Å². The molecule has 8 heteroatoms. The number of ether oxygens (including phenoxy) is 1. The lowest BCUT2D eigenvalue weighted by atomic mass is 10.2. The van der Waals surface area contributed by atoms with Crippen LogP contribution in [-0.4, -0.2) is 27.5 Å². The molecule has 0 saturated carbocycles. The predicted octanol–water partition coefficient (Wildman–Crippen LogP) is 2.37. The summed E-state index contributed by atoms with van der Waals surface area (Å²) in [4.78, 5) is 29.3. The molecule has 0 atom stereocenters. The van der Waals surface area contributed by atoms with Crippen LogP contribution in [0, 0.1) is 5.82 Å². The summed E-state index contributed by atoms with van der Waals surface area (Å²) in [6.07, 6.45) is 1.76. The highest BCUT2D eigenvalue weighted by Crippen LogP contribution is 2.14. The maximum Gasteiger partial charge on any atom is 0.354 e. The van der Waals surface area contributed by atoms with Crippen molar-refractivity contribution in [3.8, 4) is 5.75 Å². The van der Waals surface area contributed by atoms with Gasteiger partial charge >= 0.3 is 11.4 Å². The molecule has 1 aromatic heterocycles. The molecule has 0 amide bonds. The average Bonchev–Trinajstić information content (AvgIpc) is 2.69. The molecule has 0 fully saturated rings. The number of rotatable bonds is 6. The zero-order chi connectivity index (χ0) is 19.4. The fraction of sp³-hybridized carbons (Fsp3) is 0.211. The van der Waals surface area contributed by atoms with Gasteiger partial charge in [-0.1, -0.05) is 36.0 Å². The SMILES string of the molecule is COc1ccc(Cn2c(SC)nc(=O)n(Cc3ccc(F)cc3)c2=O)cc1. The van der Waals surface area contributed by atoms with Crippen LogP contribution in [0.2, 0.25) is 0 Å². The number of nitrogens with zero attached hydrogens (tertiary/aromatic N) is 3. The molecule has 0 N–H and O–H groups in total. The number of thioether (sulfide) groups is 1. The molecule has 0 spiro atoms. The molecule has 1 heterocycles. The van der Waals surface area contributed by atoms with E-state index in [1.54, 1.807) is 25.5 Å². The molecule has 3 rings (SSSR count). The summed E-state index contributed by atoms with van der Waals surface area (Å²) in [6, 6.07) is 13.0. The van der Waals surface area contributed by atoms with Crippen molar-refractivity contribution in [3.05, 3.63) is 86.4 Å².